The van der Waals surface area contributed by atoms with Crippen molar-refractivity contribution in [2.45, 2.75) is 162 Å². The van der Waals surface area contributed by atoms with E-state index >= 15 is 0 Å². The van der Waals surface area contributed by atoms with E-state index in [9.17, 15) is 66.4 Å². The number of hydrogen-bond acceptors (Lipinski definition) is 26. The predicted octanol–water partition coefficient (Wildman–Crippen LogP) is -8.71. The molecule has 4 aliphatic heterocycles. The molecule has 0 radical (unpaired) electrons. The van der Waals surface area contributed by atoms with E-state index in [1.54, 1.807) is 10.9 Å². The third-order valence-electron chi connectivity index (χ3n) is 10.9. The van der Waals surface area contributed by atoms with Gasteiger partial charge in [-0.1, -0.05) is 17.4 Å². The van der Waals surface area contributed by atoms with Crippen molar-refractivity contribution >= 4 is 0 Å². The normalized spacial score (nSPS) is 41.2. The van der Waals surface area contributed by atoms with Crippen LogP contribution in [-0.2, 0) is 68.9 Å². The largest absolute Gasteiger partial charge is 0.394 e. The van der Waals surface area contributed by atoms with Crippen molar-refractivity contribution in [2.24, 2.45) is 0 Å². The fourth-order valence-corrected chi connectivity index (χ4v) is 7.32. The van der Waals surface area contributed by atoms with Crippen LogP contribution in [-0.4, -0.2) is 252 Å². The van der Waals surface area contributed by atoms with Gasteiger partial charge in [-0.05, 0) is 6.42 Å². The van der Waals surface area contributed by atoms with Crippen LogP contribution in [0.4, 0.5) is 0 Å². The Kier molecular flexibility index (Phi) is 18.0. The highest BCUT2D eigenvalue weighted by molar-refractivity contribution is 4.98. The van der Waals surface area contributed by atoms with Gasteiger partial charge in [-0.3, -0.25) is 0 Å². The number of rotatable bonds is 20. The van der Waals surface area contributed by atoms with Gasteiger partial charge in [0, 0.05) is 6.61 Å². The van der Waals surface area contributed by atoms with E-state index in [2.05, 4.69) is 20.6 Å². The minimum Gasteiger partial charge on any atom is -0.394 e. The summed E-state index contributed by atoms with van der Waals surface area (Å²) in [5.74, 6) is 0. The monoisotopic (exact) mass is 914 g/mol. The van der Waals surface area contributed by atoms with Crippen molar-refractivity contribution in [3.8, 4) is 0 Å². The lowest BCUT2D eigenvalue weighted by molar-refractivity contribution is -0.379. The van der Waals surface area contributed by atoms with Gasteiger partial charge in [0.05, 0.1) is 65.1 Å². The highest BCUT2D eigenvalue weighted by atomic mass is 16.8. The highest BCUT2D eigenvalue weighted by Crippen LogP contribution is 2.33. The SMILES string of the molecule is CCCOCCn1cc(CO[C@@H]2OC(Cn3cc(CO[C@@H]4OC(CO)[C@@H](O[C@H]5OC(CO)[C@@H](O[C@H]6OC(CO)[C@@H](O)C(O)C6O)C(O)C5O)C(O)C4O)nn3)[C@H](O)[C@H](O)[C@@H]2O)nn1. The summed E-state index contributed by atoms with van der Waals surface area (Å²) in [6.07, 6.45) is -29.3. The Labute approximate surface area is 358 Å². The number of aromatic nitrogens is 6. The van der Waals surface area contributed by atoms with E-state index in [1.165, 1.54) is 10.9 Å². The van der Waals surface area contributed by atoms with Crippen LogP contribution < -0.4 is 0 Å². The second-order valence-electron chi connectivity index (χ2n) is 15.5. The summed E-state index contributed by atoms with van der Waals surface area (Å²) in [6.45, 7) is 0.339. The molecule has 63 heavy (non-hydrogen) atoms. The van der Waals surface area contributed by atoms with Crippen molar-refractivity contribution in [2.75, 3.05) is 33.0 Å². The van der Waals surface area contributed by atoms with Crippen LogP contribution in [0.3, 0.4) is 0 Å². The average Bonchev–Trinajstić information content (AvgIpc) is 3.94. The summed E-state index contributed by atoms with van der Waals surface area (Å²) < 4.78 is 53.1. The first-order valence-corrected chi connectivity index (χ1v) is 20.3. The zero-order chi connectivity index (χ0) is 45.5. The van der Waals surface area contributed by atoms with Crippen molar-refractivity contribution in [1.29, 1.82) is 0 Å². The molecule has 0 spiro atoms. The zero-order valence-corrected chi connectivity index (χ0v) is 33.9. The summed E-state index contributed by atoms with van der Waals surface area (Å²) >= 11 is 0. The fourth-order valence-electron chi connectivity index (χ4n) is 7.32. The first kappa shape index (κ1) is 49.8. The molecule has 13 N–H and O–H groups in total. The van der Waals surface area contributed by atoms with Gasteiger partial charge in [-0.15, -0.1) is 10.2 Å². The van der Waals surface area contributed by atoms with E-state index in [-0.39, 0.29) is 25.5 Å². The second kappa shape index (κ2) is 22.7. The molecule has 4 aliphatic rings. The lowest BCUT2D eigenvalue weighted by Crippen LogP contribution is -2.66. The van der Waals surface area contributed by atoms with E-state index in [0.717, 1.165) is 6.42 Å². The smallest absolute Gasteiger partial charge is 0.187 e. The van der Waals surface area contributed by atoms with E-state index in [4.69, 9.17) is 42.6 Å². The van der Waals surface area contributed by atoms with E-state index in [1.807, 2.05) is 6.92 Å². The van der Waals surface area contributed by atoms with Gasteiger partial charge in [-0.25, -0.2) is 9.36 Å². The molecule has 10 unspecified atom stereocenters. The van der Waals surface area contributed by atoms with Crippen LogP contribution >= 0.6 is 0 Å². The number of hydrogen-bond donors (Lipinski definition) is 13. The van der Waals surface area contributed by atoms with Gasteiger partial charge in [0.1, 0.15) is 109 Å². The van der Waals surface area contributed by atoms with E-state index in [0.29, 0.717) is 25.5 Å². The maximum Gasteiger partial charge on any atom is 0.187 e. The van der Waals surface area contributed by atoms with Gasteiger partial charge < -0.3 is 109 Å². The molecule has 0 aromatic carbocycles. The molecule has 4 fully saturated rings. The summed E-state index contributed by atoms with van der Waals surface area (Å²) in [7, 11) is 0. The van der Waals surface area contributed by atoms with Crippen LogP contribution in [0.25, 0.3) is 0 Å². The lowest BCUT2D eigenvalue weighted by atomic mass is 9.96. The molecule has 4 saturated heterocycles. The van der Waals surface area contributed by atoms with Crippen molar-refractivity contribution in [3.05, 3.63) is 23.8 Å². The summed E-state index contributed by atoms with van der Waals surface area (Å²) in [6, 6.07) is 0. The van der Waals surface area contributed by atoms with Crippen molar-refractivity contribution in [3.63, 3.8) is 0 Å². The van der Waals surface area contributed by atoms with Gasteiger partial charge in [-0.2, -0.15) is 0 Å². The fraction of sp³-hybridized carbons (Fsp3) is 0.886. The molecule has 0 bridgehead atoms. The third-order valence-corrected chi connectivity index (χ3v) is 10.9. The molecule has 2 aromatic heterocycles. The Hall–Kier alpha value is -2.60. The number of nitrogens with zero attached hydrogens (tertiary/aromatic N) is 6. The van der Waals surface area contributed by atoms with Gasteiger partial charge in [0.2, 0.25) is 0 Å². The Balaban J connectivity index is 0.994. The summed E-state index contributed by atoms with van der Waals surface area (Å²) in [4.78, 5) is 0. The first-order chi connectivity index (χ1) is 30.2. The van der Waals surface area contributed by atoms with Gasteiger partial charge >= 0.3 is 0 Å². The number of aliphatic hydroxyl groups excluding tert-OH is 13. The maximum absolute atomic E-state index is 11.1. The zero-order valence-electron chi connectivity index (χ0n) is 33.9. The summed E-state index contributed by atoms with van der Waals surface area (Å²) in [5, 5.41) is 152. The molecule has 360 valence electrons. The van der Waals surface area contributed by atoms with Crippen LogP contribution in [0.1, 0.15) is 24.7 Å². The van der Waals surface area contributed by atoms with Crippen LogP contribution in [0, 0.1) is 0 Å². The Morgan fingerprint density at radius 2 is 0.937 bits per heavy atom. The molecule has 6 rings (SSSR count). The molecule has 28 nitrogen and oxygen atoms in total. The molecular formula is C35H58N6O22. The Morgan fingerprint density at radius 1 is 0.508 bits per heavy atom. The van der Waals surface area contributed by atoms with Crippen LogP contribution in [0.2, 0.25) is 0 Å². The molecule has 2 aromatic rings. The molecule has 20 atom stereocenters. The Morgan fingerprint density at radius 3 is 1.48 bits per heavy atom. The summed E-state index contributed by atoms with van der Waals surface area (Å²) in [5.41, 5.74) is 0.573. The maximum atomic E-state index is 11.1. The first-order valence-electron chi connectivity index (χ1n) is 20.3. The average molecular weight is 915 g/mol. The predicted molar refractivity (Wildman–Crippen MR) is 196 cm³/mol. The standard InChI is InChI=1S/C35H58N6O22/c1-2-4-55-5-3-40-6-14(36-38-40)12-56-32-26(51)22(47)20(45)16(58-32)8-41-7-15(37-39-41)13-57-33-28(53)24(49)30(18(10-43)60-33)63-35-29(54)25(50)31(19(11-44)61-35)62-34-27(52)23(48)21(46)17(9-42)59-34/h6-7,16-35,42-54H,2-5,8-13H2,1H3/t16?,17?,18?,19?,20-,21+,22-,23?,24?,25?,26-,27?,28?,29?,30+,31+,32+,33+,34+,35+/m0/s1. The quantitative estimate of drug-likeness (QED) is 0.0549. The molecule has 0 amide bonds. The molecule has 28 heteroatoms. The second-order valence-corrected chi connectivity index (χ2v) is 15.5. The van der Waals surface area contributed by atoms with Crippen molar-refractivity contribution < 1.29 is 109 Å². The highest BCUT2D eigenvalue weighted by Gasteiger charge is 2.54. The van der Waals surface area contributed by atoms with Crippen LogP contribution in [0.5, 0.6) is 0 Å². The third kappa shape index (κ3) is 11.7. The minimum atomic E-state index is -2.00. The number of ether oxygens (including phenoxy) is 9. The van der Waals surface area contributed by atoms with Gasteiger partial charge in [0.15, 0.2) is 25.2 Å². The Bertz CT molecular complexity index is 1660. The molecule has 6 heterocycles. The molecule has 0 saturated carbocycles. The van der Waals surface area contributed by atoms with Crippen molar-refractivity contribution in [1.82, 2.24) is 30.0 Å². The van der Waals surface area contributed by atoms with Gasteiger partial charge in [0.25, 0.3) is 0 Å². The van der Waals surface area contributed by atoms with E-state index < -0.39 is 143 Å². The molecule has 0 aliphatic carbocycles. The topological polar surface area (TPSA) is 407 Å². The number of aliphatic hydroxyl groups is 13. The lowest BCUT2D eigenvalue weighted by Gasteiger charge is -2.48. The minimum absolute atomic E-state index is 0.137. The molecular weight excluding hydrogens is 856 g/mol. The van der Waals surface area contributed by atoms with Crippen LogP contribution in [0.15, 0.2) is 12.4 Å².